The quantitative estimate of drug-likeness (QED) is 0.898. The Hall–Kier alpha value is -1.94. The third-order valence-electron chi connectivity index (χ3n) is 3.22. The second kappa shape index (κ2) is 6.68. The highest BCUT2D eigenvalue weighted by atomic mass is 19.1. The lowest BCUT2D eigenvalue weighted by molar-refractivity contribution is 0.458. The van der Waals surface area contributed by atoms with Crippen LogP contribution in [-0.4, -0.2) is 11.0 Å². The molecule has 1 aromatic heterocycles. The Labute approximate surface area is 125 Å². The fourth-order valence-corrected chi connectivity index (χ4v) is 1.93. The molecule has 0 unspecified atom stereocenters. The molecule has 0 aliphatic rings. The highest BCUT2D eigenvalue weighted by Crippen LogP contribution is 2.23. The van der Waals surface area contributed by atoms with Crippen LogP contribution in [0.1, 0.15) is 30.7 Å². The van der Waals surface area contributed by atoms with Gasteiger partial charge in [0, 0.05) is 24.3 Å². The standard InChI is InChI=1S/C17H21FN2O/c1-11(2)19-10-14-5-8-17(20-13(14)4)21-15-6-7-16(18)12(3)9-15/h5-9,11,19H,10H2,1-4H3. The van der Waals surface area contributed by atoms with Gasteiger partial charge in [-0.3, -0.25) is 0 Å². The maximum Gasteiger partial charge on any atom is 0.219 e. The maximum absolute atomic E-state index is 13.2. The molecule has 1 heterocycles. The van der Waals surface area contributed by atoms with E-state index in [0.29, 0.717) is 23.2 Å². The largest absolute Gasteiger partial charge is 0.439 e. The van der Waals surface area contributed by atoms with E-state index in [1.807, 2.05) is 19.1 Å². The third-order valence-corrected chi connectivity index (χ3v) is 3.22. The lowest BCUT2D eigenvalue weighted by atomic mass is 10.2. The van der Waals surface area contributed by atoms with Gasteiger partial charge in [0.25, 0.3) is 0 Å². The van der Waals surface area contributed by atoms with Gasteiger partial charge in [0.05, 0.1) is 0 Å². The molecule has 1 N–H and O–H groups in total. The molecular formula is C17H21FN2O. The number of benzene rings is 1. The van der Waals surface area contributed by atoms with E-state index in [1.54, 1.807) is 19.1 Å². The lowest BCUT2D eigenvalue weighted by Gasteiger charge is -2.12. The number of aromatic nitrogens is 1. The summed E-state index contributed by atoms with van der Waals surface area (Å²) in [5.41, 5.74) is 2.63. The smallest absolute Gasteiger partial charge is 0.219 e. The van der Waals surface area contributed by atoms with Gasteiger partial charge in [-0.05, 0) is 43.2 Å². The predicted molar refractivity (Wildman–Crippen MR) is 82.2 cm³/mol. The van der Waals surface area contributed by atoms with Crippen molar-refractivity contribution < 1.29 is 9.13 Å². The number of nitrogens with one attached hydrogen (secondary N) is 1. The van der Waals surface area contributed by atoms with Crippen LogP contribution >= 0.6 is 0 Å². The van der Waals surface area contributed by atoms with E-state index in [2.05, 4.69) is 24.1 Å². The van der Waals surface area contributed by atoms with Gasteiger partial charge in [-0.1, -0.05) is 19.9 Å². The van der Waals surface area contributed by atoms with Crippen LogP contribution in [0.5, 0.6) is 11.6 Å². The van der Waals surface area contributed by atoms with Crippen LogP contribution in [0.25, 0.3) is 0 Å². The summed E-state index contributed by atoms with van der Waals surface area (Å²) in [6.45, 7) is 8.67. The maximum atomic E-state index is 13.2. The first kappa shape index (κ1) is 15.4. The third kappa shape index (κ3) is 4.26. The molecule has 4 heteroatoms. The van der Waals surface area contributed by atoms with Crippen molar-refractivity contribution in [1.82, 2.24) is 10.3 Å². The fourth-order valence-electron chi connectivity index (χ4n) is 1.93. The molecule has 2 rings (SSSR count). The van der Waals surface area contributed by atoms with Crippen molar-refractivity contribution in [3.8, 4) is 11.6 Å². The number of ether oxygens (including phenoxy) is 1. The Kier molecular flexibility index (Phi) is 4.91. The molecule has 3 nitrogen and oxygen atoms in total. The normalized spacial score (nSPS) is 11.0. The van der Waals surface area contributed by atoms with Crippen molar-refractivity contribution >= 4 is 0 Å². The number of nitrogens with zero attached hydrogens (tertiary/aromatic N) is 1. The van der Waals surface area contributed by atoms with Gasteiger partial charge in [0.15, 0.2) is 0 Å². The highest BCUT2D eigenvalue weighted by molar-refractivity contribution is 5.33. The molecule has 112 valence electrons. The second-order valence-electron chi connectivity index (χ2n) is 5.44. The van der Waals surface area contributed by atoms with E-state index in [9.17, 15) is 4.39 Å². The predicted octanol–water partition coefficient (Wildman–Crippen LogP) is 4.13. The summed E-state index contributed by atoms with van der Waals surface area (Å²) >= 11 is 0. The molecule has 0 saturated carbocycles. The van der Waals surface area contributed by atoms with Crippen molar-refractivity contribution in [1.29, 1.82) is 0 Å². The molecule has 0 aliphatic heterocycles. The van der Waals surface area contributed by atoms with Gasteiger partial charge in [-0.15, -0.1) is 0 Å². The SMILES string of the molecule is Cc1cc(Oc2ccc(CNC(C)C)c(C)n2)ccc1F. The van der Waals surface area contributed by atoms with Crippen molar-refractivity contribution in [3.05, 3.63) is 53.0 Å². The molecule has 0 atom stereocenters. The molecule has 21 heavy (non-hydrogen) atoms. The van der Waals surface area contributed by atoms with Crippen LogP contribution in [0.4, 0.5) is 4.39 Å². The average molecular weight is 288 g/mol. The van der Waals surface area contributed by atoms with Crippen LogP contribution in [0.2, 0.25) is 0 Å². The number of rotatable bonds is 5. The fraction of sp³-hybridized carbons (Fsp3) is 0.353. The number of hydrogen-bond donors (Lipinski definition) is 1. The second-order valence-corrected chi connectivity index (χ2v) is 5.44. The van der Waals surface area contributed by atoms with Crippen molar-refractivity contribution in [2.75, 3.05) is 0 Å². The van der Waals surface area contributed by atoms with E-state index in [0.717, 1.165) is 17.8 Å². The Morgan fingerprint density at radius 2 is 1.95 bits per heavy atom. The summed E-state index contributed by atoms with van der Waals surface area (Å²) in [5, 5.41) is 3.36. The number of hydrogen-bond acceptors (Lipinski definition) is 3. The van der Waals surface area contributed by atoms with Gasteiger partial charge in [0.1, 0.15) is 11.6 Å². The zero-order valence-corrected chi connectivity index (χ0v) is 12.9. The summed E-state index contributed by atoms with van der Waals surface area (Å²) in [5.74, 6) is 0.877. The highest BCUT2D eigenvalue weighted by Gasteiger charge is 2.06. The van der Waals surface area contributed by atoms with Crippen LogP contribution in [0, 0.1) is 19.7 Å². The molecule has 1 aromatic carbocycles. The Balaban J connectivity index is 2.10. The van der Waals surface area contributed by atoms with Gasteiger partial charge < -0.3 is 10.1 Å². The number of aryl methyl sites for hydroxylation is 2. The van der Waals surface area contributed by atoms with E-state index in [1.165, 1.54) is 6.07 Å². The zero-order chi connectivity index (χ0) is 15.4. The molecule has 0 bridgehead atoms. The zero-order valence-electron chi connectivity index (χ0n) is 12.9. The first-order valence-electron chi connectivity index (χ1n) is 7.09. The molecular weight excluding hydrogens is 267 g/mol. The number of halogens is 1. The Morgan fingerprint density at radius 1 is 1.19 bits per heavy atom. The minimum atomic E-state index is -0.235. The lowest BCUT2D eigenvalue weighted by Crippen LogP contribution is -2.22. The first-order chi connectivity index (χ1) is 9.95. The van der Waals surface area contributed by atoms with Crippen molar-refractivity contribution in [2.24, 2.45) is 0 Å². The minimum absolute atomic E-state index is 0.235. The average Bonchev–Trinajstić information content (AvgIpc) is 2.42. The molecule has 0 radical (unpaired) electrons. The van der Waals surface area contributed by atoms with Crippen LogP contribution in [-0.2, 0) is 6.54 Å². The van der Waals surface area contributed by atoms with Gasteiger partial charge in [0.2, 0.25) is 5.88 Å². The van der Waals surface area contributed by atoms with E-state index >= 15 is 0 Å². The molecule has 0 spiro atoms. The van der Waals surface area contributed by atoms with Gasteiger partial charge >= 0.3 is 0 Å². The van der Waals surface area contributed by atoms with E-state index in [4.69, 9.17) is 4.74 Å². The number of pyridine rings is 1. The molecule has 0 fully saturated rings. The summed E-state index contributed by atoms with van der Waals surface area (Å²) < 4.78 is 18.9. The van der Waals surface area contributed by atoms with E-state index < -0.39 is 0 Å². The molecule has 2 aromatic rings. The van der Waals surface area contributed by atoms with Gasteiger partial charge in [-0.25, -0.2) is 9.37 Å². The van der Waals surface area contributed by atoms with E-state index in [-0.39, 0.29) is 5.82 Å². The first-order valence-corrected chi connectivity index (χ1v) is 7.09. The molecule has 0 amide bonds. The minimum Gasteiger partial charge on any atom is -0.439 e. The summed E-state index contributed by atoms with van der Waals surface area (Å²) in [6, 6.07) is 8.95. The Bertz CT molecular complexity index is 626. The Morgan fingerprint density at radius 3 is 2.57 bits per heavy atom. The van der Waals surface area contributed by atoms with Gasteiger partial charge in [-0.2, -0.15) is 0 Å². The van der Waals surface area contributed by atoms with Crippen LogP contribution in [0.15, 0.2) is 30.3 Å². The summed E-state index contributed by atoms with van der Waals surface area (Å²) in [7, 11) is 0. The van der Waals surface area contributed by atoms with Crippen molar-refractivity contribution in [2.45, 2.75) is 40.3 Å². The van der Waals surface area contributed by atoms with Crippen LogP contribution < -0.4 is 10.1 Å². The monoisotopic (exact) mass is 288 g/mol. The topological polar surface area (TPSA) is 34.1 Å². The molecule has 0 saturated heterocycles. The molecule has 0 aliphatic carbocycles. The van der Waals surface area contributed by atoms with Crippen molar-refractivity contribution in [3.63, 3.8) is 0 Å². The summed E-state index contributed by atoms with van der Waals surface area (Å²) in [6.07, 6.45) is 0. The van der Waals surface area contributed by atoms with Crippen LogP contribution in [0.3, 0.4) is 0 Å². The summed E-state index contributed by atoms with van der Waals surface area (Å²) in [4.78, 5) is 4.44.